The summed E-state index contributed by atoms with van der Waals surface area (Å²) in [7, 11) is 5.66. The van der Waals surface area contributed by atoms with Crippen LogP contribution in [0.1, 0.15) is 0 Å². The summed E-state index contributed by atoms with van der Waals surface area (Å²) < 4.78 is 2.28. The van der Waals surface area contributed by atoms with Gasteiger partial charge in [-0.05, 0) is 50.8 Å². The van der Waals surface area contributed by atoms with Crippen molar-refractivity contribution < 1.29 is 10.2 Å². The number of imidazole rings is 1. The Morgan fingerprint density at radius 2 is 1.02 bits per heavy atom. The van der Waals surface area contributed by atoms with Crippen LogP contribution in [-0.4, -0.2) is 43.3 Å². The molecule has 0 aliphatic rings. The SMILES string of the molecule is Bc1c(B)c(-c2c3ccccc3c(-c3ccccc3-n3c(-c4ccccc4)nc4ccccc43)c3ccccc23)c(O)c(B)c1O. The maximum Gasteiger partial charge on any atom is 0.149 e. The van der Waals surface area contributed by atoms with Crippen LogP contribution in [0.2, 0.25) is 0 Å². The highest BCUT2D eigenvalue weighted by molar-refractivity contribution is 6.55. The molecule has 8 rings (SSSR count). The number of nitrogens with zero attached hydrogens (tertiary/aromatic N) is 2. The smallest absolute Gasteiger partial charge is 0.149 e. The molecule has 0 atom stereocenters. The quantitative estimate of drug-likeness (QED) is 0.234. The number of rotatable bonds is 4. The standard InChI is InChI=1S/C39H29B3N2O2/c40-34-33(37(45)36(42)38(46)35(34)41)32-25-16-6-4-14-23(25)31(24-15-5-7-17-26(24)32)27-18-8-10-20-29(27)44-30-21-11-9-19-28(30)43-39(44)22-12-2-1-3-13-22/h1-21,45-46H,40-42H2. The van der Waals surface area contributed by atoms with Crippen LogP contribution in [0.3, 0.4) is 0 Å². The van der Waals surface area contributed by atoms with Gasteiger partial charge in [0.2, 0.25) is 0 Å². The molecule has 0 spiro atoms. The lowest BCUT2D eigenvalue weighted by atomic mass is 9.70. The van der Waals surface area contributed by atoms with Crippen LogP contribution >= 0.6 is 0 Å². The van der Waals surface area contributed by atoms with E-state index in [0.717, 1.165) is 82.8 Å². The summed E-state index contributed by atoms with van der Waals surface area (Å²) in [6, 6.07) is 44.1. The number of hydrogen-bond acceptors (Lipinski definition) is 3. The first-order chi connectivity index (χ1) is 22.5. The summed E-state index contributed by atoms with van der Waals surface area (Å²) in [5.74, 6) is 1.14. The summed E-state index contributed by atoms with van der Waals surface area (Å²) in [5, 5.41) is 26.6. The molecule has 0 amide bonds. The van der Waals surface area contributed by atoms with Gasteiger partial charge in [0.1, 0.15) is 40.9 Å². The lowest BCUT2D eigenvalue weighted by Crippen LogP contribution is -2.33. The summed E-state index contributed by atoms with van der Waals surface area (Å²) in [6.45, 7) is 0. The monoisotopic (exact) mass is 590 g/mol. The Balaban J connectivity index is 1.52. The van der Waals surface area contributed by atoms with Crippen LogP contribution in [0.15, 0.2) is 127 Å². The van der Waals surface area contributed by atoms with Gasteiger partial charge in [-0.15, -0.1) is 0 Å². The molecule has 0 aliphatic carbocycles. The highest BCUT2D eigenvalue weighted by atomic mass is 16.3. The molecule has 7 aromatic carbocycles. The Labute approximate surface area is 269 Å². The minimum Gasteiger partial charge on any atom is -0.509 e. The molecule has 1 heterocycles. The number of phenolic OH excluding ortho intramolecular Hbond substituents is 2. The van der Waals surface area contributed by atoms with E-state index in [0.29, 0.717) is 5.46 Å². The van der Waals surface area contributed by atoms with E-state index in [1.165, 1.54) is 0 Å². The third-order valence-electron chi connectivity index (χ3n) is 9.43. The largest absolute Gasteiger partial charge is 0.509 e. The molecule has 0 saturated carbocycles. The van der Waals surface area contributed by atoms with Crippen LogP contribution in [0.25, 0.3) is 71.9 Å². The predicted octanol–water partition coefficient (Wildman–Crippen LogP) is 4.52. The second kappa shape index (κ2) is 10.7. The number of aromatic hydroxyl groups is 2. The van der Waals surface area contributed by atoms with Gasteiger partial charge in [-0.2, -0.15) is 0 Å². The third-order valence-corrected chi connectivity index (χ3v) is 9.43. The molecule has 0 fully saturated rings. The molecule has 0 radical (unpaired) electrons. The molecule has 2 N–H and O–H groups in total. The normalized spacial score (nSPS) is 11.5. The molecule has 8 aromatic rings. The summed E-state index contributed by atoms with van der Waals surface area (Å²) >= 11 is 0. The first-order valence-electron chi connectivity index (χ1n) is 15.5. The highest BCUT2D eigenvalue weighted by Gasteiger charge is 2.25. The lowest BCUT2D eigenvalue weighted by Gasteiger charge is -2.23. The van der Waals surface area contributed by atoms with Gasteiger partial charge in [-0.1, -0.05) is 120 Å². The van der Waals surface area contributed by atoms with Crippen molar-refractivity contribution in [3.8, 4) is 50.8 Å². The van der Waals surface area contributed by atoms with Gasteiger partial charge in [0, 0.05) is 22.3 Å². The first-order valence-corrected chi connectivity index (χ1v) is 15.5. The van der Waals surface area contributed by atoms with Crippen LogP contribution < -0.4 is 16.4 Å². The number of para-hydroxylation sites is 3. The molecular weight excluding hydrogens is 561 g/mol. The molecule has 7 heteroatoms. The highest BCUT2D eigenvalue weighted by Crippen LogP contribution is 2.46. The van der Waals surface area contributed by atoms with Crippen molar-refractivity contribution in [1.82, 2.24) is 9.55 Å². The Morgan fingerprint density at radius 3 is 1.70 bits per heavy atom. The summed E-state index contributed by atoms with van der Waals surface area (Å²) in [6.07, 6.45) is 0. The first kappa shape index (κ1) is 27.8. The molecule has 0 saturated heterocycles. The topological polar surface area (TPSA) is 58.3 Å². The van der Waals surface area contributed by atoms with Crippen LogP contribution in [0.5, 0.6) is 11.5 Å². The van der Waals surface area contributed by atoms with E-state index in [-0.39, 0.29) is 11.5 Å². The summed E-state index contributed by atoms with van der Waals surface area (Å²) in [5.41, 5.74) is 10.1. The minimum absolute atomic E-state index is 0.112. The lowest BCUT2D eigenvalue weighted by molar-refractivity contribution is 0.463. The van der Waals surface area contributed by atoms with E-state index in [1.54, 1.807) is 7.85 Å². The summed E-state index contributed by atoms with van der Waals surface area (Å²) in [4.78, 5) is 5.13. The molecule has 46 heavy (non-hydrogen) atoms. The number of phenols is 2. The Bertz CT molecular complexity index is 2400. The van der Waals surface area contributed by atoms with E-state index in [2.05, 4.69) is 120 Å². The Morgan fingerprint density at radius 1 is 0.478 bits per heavy atom. The fourth-order valence-corrected chi connectivity index (χ4v) is 7.05. The molecule has 0 bridgehead atoms. The van der Waals surface area contributed by atoms with E-state index in [9.17, 15) is 10.2 Å². The fraction of sp³-hybridized carbons (Fsp3) is 0. The van der Waals surface area contributed by atoms with Gasteiger partial charge in [0.05, 0.1) is 16.7 Å². The third kappa shape index (κ3) is 4.09. The maximum atomic E-state index is 11.6. The Kier molecular flexibility index (Phi) is 6.50. The molecule has 4 nitrogen and oxygen atoms in total. The van der Waals surface area contributed by atoms with Crippen molar-refractivity contribution >= 4 is 72.5 Å². The van der Waals surface area contributed by atoms with Gasteiger partial charge in [0.25, 0.3) is 0 Å². The zero-order chi connectivity index (χ0) is 31.5. The van der Waals surface area contributed by atoms with E-state index >= 15 is 0 Å². The van der Waals surface area contributed by atoms with Crippen molar-refractivity contribution in [2.75, 3.05) is 0 Å². The molecular formula is C39H29B3N2O2. The van der Waals surface area contributed by atoms with Crippen molar-refractivity contribution in [3.63, 3.8) is 0 Å². The fourth-order valence-electron chi connectivity index (χ4n) is 7.05. The van der Waals surface area contributed by atoms with Gasteiger partial charge in [-0.25, -0.2) is 4.98 Å². The number of aromatic nitrogens is 2. The van der Waals surface area contributed by atoms with E-state index in [1.807, 2.05) is 27.8 Å². The van der Waals surface area contributed by atoms with Crippen LogP contribution in [0, 0.1) is 0 Å². The predicted molar refractivity (Wildman–Crippen MR) is 200 cm³/mol. The molecule has 1 aromatic heterocycles. The van der Waals surface area contributed by atoms with Crippen molar-refractivity contribution in [2.45, 2.75) is 0 Å². The van der Waals surface area contributed by atoms with E-state index < -0.39 is 0 Å². The average Bonchev–Trinajstić information content (AvgIpc) is 3.50. The van der Waals surface area contributed by atoms with Crippen LogP contribution in [0.4, 0.5) is 0 Å². The van der Waals surface area contributed by atoms with E-state index in [4.69, 9.17) is 4.98 Å². The van der Waals surface area contributed by atoms with Crippen molar-refractivity contribution in [1.29, 1.82) is 0 Å². The minimum atomic E-state index is 0.112. The van der Waals surface area contributed by atoms with Crippen molar-refractivity contribution in [2.24, 2.45) is 0 Å². The maximum absolute atomic E-state index is 11.6. The van der Waals surface area contributed by atoms with Crippen LogP contribution in [-0.2, 0) is 0 Å². The molecule has 0 unspecified atom stereocenters. The number of benzene rings is 7. The molecule has 216 valence electrons. The number of fused-ring (bicyclic) bond motifs is 3. The average molecular weight is 590 g/mol. The zero-order valence-corrected chi connectivity index (χ0v) is 25.9. The van der Waals surface area contributed by atoms with Gasteiger partial charge in [0.15, 0.2) is 0 Å². The second-order valence-electron chi connectivity index (χ2n) is 11.9. The zero-order valence-electron chi connectivity index (χ0n) is 25.9. The second-order valence-corrected chi connectivity index (χ2v) is 11.9. The van der Waals surface area contributed by atoms with Crippen molar-refractivity contribution in [3.05, 3.63) is 127 Å². The number of hydrogen-bond donors (Lipinski definition) is 2. The molecule has 0 aliphatic heterocycles. The van der Waals surface area contributed by atoms with Gasteiger partial charge >= 0.3 is 0 Å². The van der Waals surface area contributed by atoms with Gasteiger partial charge in [-0.3, -0.25) is 4.57 Å². The van der Waals surface area contributed by atoms with Gasteiger partial charge < -0.3 is 10.2 Å². The Hall–Kier alpha value is -5.68.